The van der Waals surface area contributed by atoms with Gasteiger partial charge in [-0.05, 0) is 64.5 Å². The quantitative estimate of drug-likeness (QED) is 0.121. The fourth-order valence-electron chi connectivity index (χ4n) is 6.60. The van der Waals surface area contributed by atoms with Gasteiger partial charge in [0.1, 0.15) is 53.9 Å². The summed E-state index contributed by atoms with van der Waals surface area (Å²) in [5, 5.41) is 29.8. The van der Waals surface area contributed by atoms with Gasteiger partial charge in [-0.3, -0.25) is 14.5 Å². The zero-order valence-electron chi connectivity index (χ0n) is 31.9. The maximum atomic E-state index is 12.0. The van der Waals surface area contributed by atoms with Crippen molar-refractivity contribution in [1.29, 1.82) is 0 Å². The molecule has 14 heteroatoms. The third-order valence-corrected chi connectivity index (χ3v) is 9.84. The number of carboxylic acid groups (broad SMARTS) is 1. The number of allylic oxidation sites excluding steroid dienone is 4. The summed E-state index contributed by atoms with van der Waals surface area (Å²) in [6.07, 6.45) is 5.86. The average molecular weight is 754 g/mol. The fourth-order valence-corrected chi connectivity index (χ4v) is 6.60. The second-order valence-electron chi connectivity index (χ2n) is 13.4. The lowest BCUT2D eigenvalue weighted by Gasteiger charge is -2.26. The summed E-state index contributed by atoms with van der Waals surface area (Å²) in [5.74, 6) is -1.25. The lowest BCUT2D eigenvalue weighted by Crippen LogP contribution is -2.38. The summed E-state index contributed by atoms with van der Waals surface area (Å²) in [5.41, 5.74) is 6.27. The molecule has 0 amide bonds. The second kappa shape index (κ2) is 19.3. The topological polar surface area (TPSA) is 188 Å². The number of rotatable bonds is 15. The number of cyclic esters (lactones) is 2. The van der Waals surface area contributed by atoms with Gasteiger partial charge in [0.2, 0.25) is 0 Å². The van der Waals surface area contributed by atoms with Crippen LogP contribution in [-0.2, 0) is 54.6 Å². The van der Waals surface area contributed by atoms with Crippen LogP contribution < -0.4 is 9.47 Å². The third kappa shape index (κ3) is 10.1. The number of hydrogen-bond donors (Lipinski definition) is 3. The first-order chi connectivity index (χ1) is 25.8. The number of morpholine rings is 1. The van der Waals surface area contributed by atoms with Crippen molar-refractivity contribution in [3.8, 4) is 23.0 Å². The van der Waals surface area contributed by atoms with E-state index in [0.29, 0.717) is 72.5 Å². The fraction of sp³-hybridized carbons (Fsp3) is 0.500. The number of fused-ring (bicyclic) bond motifs is 2. The molecule has 1 fully saturated rings. The largest absolute Gasteiger partial charge is 0.507 e. The van der Waals surface area contributed by atoms with Gasteiger partial charge in [0.15, 0.2) is 0 Å². The molecule has 0 radical (unpaired) electrons. The summed E-state index contributed by atoms with van der Waals surface area (Å²) < 4.78 is 31.6. The molecule has 0 unspecified atom stereocenters. The smallest absolute Gasteiger partial charge is 0.342 e. The van der Waals surface area contributed by atoms with E-state index in [2.05, 4.69) is 4.90 Å². The molecular formula is C40H51NO13. The molecule has 0 spiro atoms. The summed E-state index contributed by atoms with van der Waals surface area (Å²) in [7, 11) is 3.05. The number of carbonyl (C=O) groups excluding carboxylic acids is 3. The van der Waals surface area contributed by atoms with E-state index in [9.17, 15) is 29.4 Å². The number of phenolic OH excluding ortho intramolecular Hbond substituents is 2. The minimum atomic E-state index is -0.853. The zero-order valence-corrected chi connectivity index (χ0v) is 31.9. The minimum absolute atomic E-state index is 0.0565. The molecule has 3 N–H and O–H groups in total. The van der Waals surface area contributed by atoms with Crippen LogP contribution in [0.5, 0.6) is 23.0 Å². The maximum absolute atomic E-state index is 12.0. The Kier molecular flexibility index (Phi) is 14.9. The van der Waals surface area contributed by atoms with Crippen LogP contribution in [0, 0.1) is 13.8 Å². The molecule has 5 rings (SSSR count). The van der Waals surface area contributed by atoms with Crippen LogP contribution in [0.3, 0.4) is 0 Å². The molecule has 3 aliphatic rings. The number of esters is 3. The number of phenols is 2. The lowest BCUT2D eigenvalue weighted by molar-refractivity contribution is -0.144. The summed E-state index contributed by atoms with van der Waals surface area (Å²) in [6, 6.07) is 0. The van der Waals surface area contributed by atoms with E-state index >= 15 is 0 Å². The van der Waals surface area contributed by atoms with E-state index in [0.717, 1.165) is 55.1 Å². The van der Waals surface area contributed by atoms with Gasteiger partial charge in [-0.15, -0.1) is 0 Å². The number of aliphatic carboxylic acids is 1. The van der Waals surface area contributed by atoms with Crippen molar-refractivity contribution in [2.24, 2.45) is 0 Å². The van der Waals surface area contributed by atoms with Gasteiger partial charge in [-0.2, -0.15) is 0 Å². The van der Waals surface area contributed by atoms with E-state index in [-0.39, 0.29) is 48.2 Å². The standard InChI is InChI=1S/C23H31NO7.C17H20O6/c1-15(5-7-19(25)30-13-10-24-8-11-29-12-9-24)4-6-17-21(26)20-18(14-31-23(20)27)16(2)22(17)28-3;1-9(5-7-13(18)19)4-6-11-15(20)14-12(8-23-17(14)21)10(2)16(11)22-3/h4,26H,5-14H2,1-3H3;4,20H,5-8H2,1-3H3,(H,18,19)/b15-4+;9-4+. The molecule has 294 valence electrons. The SMILES string of the molecule is COc1c(C)c2c(c(O)c1C/C=C(\C)CCC(=O)O)C(=O)OC2.COc1c(C)c2c(c(O)c1C/C=C(\C)CCC(=O)OCCN1CCOCC1)C(=O)OC2. The molecule has 14 nitrogen and oxygen atoms in total. The average Bonchev–Trinajstić information content (AvgIpc) is 3.75. The first-order valence-electron chi connectivity index (χ1n) is 17.9. The Labute approximate surface area is 315 Å². The Morgan fingerprint density at radius 3 is 1.67 bits per heavy atom. The number of aromatic hydroxyl groups is 2. The van der Waals surface area contributed by atoms with Gasteiger partial charge in [0.05, 0.1) is 27.4 Å². The number of benzene rings is 2. The van der Waals surface area contributed by atoms with Crippen molar-refractivity contribution in [1.82, 2.24) is 4.90 Å². The number of hydrogen-bond acceptors (Lipinski definition) is 13. The molecule has 0 atom stereocenters. The Balaban J connectivity index is 0.000000252. The molecule has 3 aliphatic heterocycles. The number of ether oxygens (including phenoxy) is 6. The van der Waals surface area contributed by atoms with Gasteiger partial charge >= 0.3 is 23.9 Å². The van der Waals surface area contributed by atoms with Crippen LogP contribution in [0.1, 0.15) is 93.6 Å². The normalized spacial score (nSPS) is 15.4. The van der Waals surface area contributed by atoms with Crippen molar-refractivity contribution >= 4 is 23.9 Å². The monoisotopic (exact) mass is 753 g/mol. The maximum Gasteiger partial charge on any atom is 0.342 e. The highest BCUT2D eigenvalue weighted by molar-refractivity contribution is 5.98. The molecule has 0 aliphatic carbocycles. The van der Waals surface area contributed by atoms with Crippen molar-refractivity contribution in [3.63, 3.8) is 0 Å². The van der Waals surface area contributed by atoms with E-state index in [4.69, 9.17) is 33.5 Å². The van der Waals surface area contributed by atoms with Gasteiger partial charge in [0.25, 0.3) is 0 Å². The van der Waals surface area contributed by atoms with Gasteiger partial charge in [-0.25, -0.2) is 9.59 Å². The number of methoxy groups -OCH3 is 2. The van der Waals surface area contributed by atoms with Crippen LogP contribution in [-0.4, -0.2) is 97.8 Å². The van der Waals surface area contributed by atoms with Gasteiger partial charge < -0.3 is 43.7 Å². The summed E-state index contributed by atoms with van der Waals surface area (Å²) in [6.45, 7) is 12.0. The van der Waals surface area contributed by atoms with Crippen LogP contribution >= 0.6 is 0 Å². The lowest BCUT2D eigenvalue weighted by atomic mass is 9.94. The molecule has 1 saturated heterocycles. The Morgan fingerprint density at radius 1 is 0.759 bits per heavy atom. The zero-order chi connectivity index (χ0) is 39.5. The molecule has 0 saturated carbocycles. The van der Waals surface area contributed by atoms with Crippen molar-refractivity contribution in [2.45, 2.75) is 79.4 Å². The predicted octanol–water partition coefficient (Wildman–Crippen LogP) is 5.26. The summed E-state index contributed by atoms with van der Waals surface area (Å²) in [4.78, 5) is 48.6. The molecule has 2 aromatic rings. The number of carbonyl (C=O) groups is 4. The van der Waals surface area contributed by atoms with Gasteiger partial charge in [-0.1, -0.05) is 23.3 Å². The van der Waals surface area contributed by atoms with E-state index in [1.165, 1.54) is 7.11 Å². The molecule has 54 heavy (non-hydrogen) atoms. The van der Waals surface area contributed by atoms with E-state index in [1.807, 2.05) is 39.8 Å². The van der Waals surface area contributed by atoms with Crippen molar-refractivity contribution < 1.29 is 62.9 Å². The molecular weight excluding hydrogens is 702 g/mol. The van der Waals surface area contributed by atoms with Gasteiger partial charge in [0, 0.05) is 54.7 Å². The minimum Gasteiger partial charge on any atom is -0.507 e. The van der Waals surface area contributed by atoms with E-state index in [1.54, 1.807) is 7.11 Å². The highest BCUT2D eigenvalue weighted by Gasteiger charge is 2.33. The first-order valence-corrected chi connectivity index (χ1v) is 17.9. The highest BCUT2D eigenvalue weighted by Crippen LogP contribution is 2.43. The molecule has 0 aromatic heterocycles. The number of nitrogens with zero attached hydrogens (tertiary/aromatic N) is 1. The molecule has 3 heterocycles. The van der Waals surface area contributed by atoms with Crippen molar-refractivity contribution in [2.75, 3.05) is 53.7 Å². The van der Waals surface area contributed by atoms with Crippen LogP contribution in [0.4, 0.5) is 0 Å². The van der Waals surface area contributed by atoms with E-state index < -0.39 is 17.9 Å². The Morgan fingerprint density at radius 2 is 1.22 bits per heavy atom. The van der Waals surface area contributed by atoms with Crippen molar-refractivity contribution in [3.05, 3.63) is 67.8 Å². The second-order valence-corrected chi connectivity index (χ2v) is 13.4. The Hall–Kier alpha value is -5.08. The predicted molar refractivity (Wildman–Crippen MR) is 196 cm³/mol. The van der Waals surface area contributed by atoms with Crippen LogP contribution in [0.25, 0.3) is 0 Å². The molecule has 0 bridgehead atoms. The highest BCUT2D eigenvalue weighted by atomic mass is 16.5. The number of carboxylic acids is 1. The van der Waals surface area contributed by atoms with Crippen LogP contribution in [0.2, 0.25) is 0 Å². The third-order valence-electron chi connectivity index (χ3n) is 9.84. The molecule has 2 aromatic carbocycles. The van der Waals surface area contributed by atoms with Crippen LogP contribution in [0.15, 0.2) is 23.3 Å². The Bertz CT molecular complexity index is 1800. The summed E-state index contributed by atoms with van der Waals surface area (Å²) >= 11 is 0. The first kappa shape index (κ1) is 41.7.